The van der Waals surface area contributed by atoms with Gasteiger partial charge < -0.3 is 15.2 Å². The van der Waals surface area contributed by atoms with Gasteiger partial charge in [0, 0.05) is 30.2 Å². The number of H-pyrrole nitrogens is 1. The Hall–Kier alpha value is -2.46. The summed E-state index contributed by atoms with van der Waals surface area (Å²) in [6.07, 6.45) is 2.59. The van der Waals surface area contributed by atoms with E-state index in [1.807, 2.05) is 0 Å². The van der Waals surface area contributed by atoms with Gasteiger partial charge in [0.05, 0.1) is 15.6 Å². The van der Waals surface area contributed by atoms with Gasteiger partial charge in [0.15, 0.2) is 0 Å². The van der Waals surface area contributed by atoms with Gasteiger partial charge in [0.1, 0.15) is 11.9 Å². The lowest BCUT2D eigenvalue weighted by atomic mass is 9.99. The van der Waals surface area contributed by atoms with E-state index >= 15 is 0 Å². The summed E-state index contributed by atoms with van der Waals surface area (Å²) < 4.78 is 42.9. The number of sulfonamides is 1. The highest BCUT2D eigenvalue weighted by atomic mass is 35.5. The maximum Gasteiger partial charge on any atom is 0.245 e. The van der Waals surface area contributed by atoms with Crippen LogP contribution in [0, 0.1) is 5.82 Å². The van der Waals surface area contributed by atoms with E-state index < -0.39 is 27.8 Å². The van der Waals surface area contributed by atoms with Crippen LogP contribution in [0.15, 0.2) is 41.4 Å². The van der Waals surface area contributed by atoms with Gasteiger partial charge in [0.25, 0.3) is 0 Å². The summed E-state index contributed by atoms with van der Waals surface area (Å²) >= 11 is 6.05. The number of aromatic amines is 1. The van der Waals surface area contributed by atoms with Crippen LogP contribution in [0.1, 0.15) is 17.5 Å². The summed E-state index contributed by atoms with van der Waals surface area (Å²) in [6, 6.07) is 6.74. The molecule has 1 amide bonds. The number of carbonyl (C=O) groups excluding carboxylic acids is 1. The first-order valence-corrected chi connectivity index (χ1v) is 11.8. The number of hydrogen-bond acceptors (Lipinski definition) is 4. The third kappa shape index (κ3) is 3.61. The van der Waals surface area contributed by atoms with E-state index in [0.717, 1.165) is 24.1 Å². The second-order valence-electron chi connectivity index (χ2n) is 7.80. The molecule has 0 aliphatic carbocycles. The number of anilines is 1. The molecule has 7 nitrogen and oxygen atoms in total. The van der Waals surface area contributed by atoms with Crippen molar-refractivity contribution in [2.24, 2.45) is 0 Å². The third-order valence-electron chi connectivity index (χ3n) is 5.86. The summed E-state index contributed by atoms with van der Waals surface area (Å²) in [5, 5.41) is 4.40. The van der Waals surface area contributed by atoms with Gasteiger partial charge in [0.2, 0.25) is 15.9 Å². The van der Waals surface area contributed by atoms with Gasteiger partial charge in [-0.15, -0.1) is 0 Å². The number of rotatable bonds is 4. The predicted octanol–water partition coefficient (Wildman–Crippen LogP) is 2.69. The maximum absolute atomic E-state index is 14.7. The topological polar surface area (TPSA) is 94.3 Å². The minimum Gasteiger partial charge on any atom is -0.360 e. The highest BCUT2D eigenvalue weighted by Crippen LogP contribution is 2.30. The number of carbonyl (C=O) groups is 1. The predicted molar refractivity (Wildman–Crippen MR) is 116 cm³/mol. The van der Waals surface area contributed by atoms with E-state index in [2.05, 4.69) is 15.0 Å². The average Bonchev–Trinajstić information content (AvgIpc) is 3.30. The molecule has 0 unspecified atom stereocenters. The van der Waals surface area contributed by atoms with Gasteiger partial charge in [-0.2, -0.15) is 4.72 Å². The molecule has 2 aromatic carbocycles. The molecule has 1 saturated heterocycles. The molecule has 0 bridgehead atoms. The Morgan fingerprint density at radius 3 is 2.87 bits per heavy atom. The highest BCUT2D eigenvalue weighted by molar-refractivity contribution is 7.89. The maximum atomic E-state index is 14.7. The number of amides is 1. The number of nitrogens with one attached hydrogen (secondary N) is 3. The van der Waals surface area contributed by atoms with Crippen molar-refractivity contribution in [1.29, 1.82) is 0 Å². The van der Waals surface area contributed by atoms with Crippen LogP contribution in [0.5, 0.6) is 0 Å². The van der Waals surface area contributed by atoms with Crippen molar-refractivity contribution < 1.29 is 17.6 Å². The molecule has 2 aliphatic heterocycles. The summed E-state index contributed by atoms with van der Waals surface area (Å²) in [7, 11) is -3.95. The van der Waals surface area contributed by atoms with E-state index in [4.69, 9.17) is 11.6 Å². The first kappa shape index (κ1) is 20.4. The lowest BCUT2D eigenvalue weighted by molar-refractivity contribution is -0.118. The van der Waals surface area contributed by atoms with Crippen LogP contribution >= 0.6 is 11.6 Å². The molecule has 2 aliphatic rings. The molecule has 5 rings (SSSR count). The van der Waals surface area contributed by atoms with Crippen LogP contribution in [0.3, 0.4) is 0 Å². The molecular weight excluding hydrogens is 443 g/mol. The van der Waals surface area contributed by atoms with Crippen molar-refractivity contribution in [2.45, 2.75) is 30.3 Å². The molecule has 0 saturated carbocycles. The lowest BCUT2D eigenvalue weighted by Gasteiger charge is -2.23. The zero-order chi connectivity index (χ0) is 21.8. The van der Waals surface area contributed by atoms with E-state index in [9.17, 15) is 17.6 Å². The van der Waals surface area contributed by atoms with Crippen LogP contribution < -0.4 is 14.9 Å². The molecule has 3 aromatic rings. The Morgan fingerprint density at radius 2 is 2.03 bits per heavy atom. The van der Waals surface area contributed by atoms with Gasteiger partial charge in [-0.05, 0) is 60.8 Å². The largest absolute Gasteiger partial charge is 0.360 e. The molecular formula is C21H20ClFN4O3S. The number of hydrogen-bond donors (Lipinski definition) is 3. The Balaban J connectivity index is 1.38. The van der Waals surface area contributed by atoms with Crippen LogP contribution in [0.4, 0.5) is 10.1 Å². The van der Waals surface area contributed by atoms with Crippen LogP contribution in [-0.4, -0.2) is 38.4 Å². The molecule has 0 spiro atoms. The van der Waals surface area contributed by atoms with Gasteiger partial charge in [-0.3, -0.25) is 4.79 Å². The molecule has 1 fully saturated rings. The van der Waals surface area contributed by atoms with Crippen LogP contribution in [0.25, 0.3) is 10.9 Å². The zero-order valence-electron chi connectivity index (χ0n) is 16.4. The second-order valence-corrected chi connectivity index (χ2v) is 9.92. The van der Waals surface area contributed by atoms with Gasteiger partial charge in [-0.25, -0.2) is 12.8 Å². The van der Waals surface area contributed by atoms with E-state index in [1.165, 1.54) is 23.1 Å². The lowest BCUT2D eigenvalue weighted by Crippen LogP contribution is -2.41. The molecule has 1 atom stereocenters. The molecule has 3 heterocycles. The second kappa shape index (κ2) is 7.59. The summed E-state index contributed by atoms with van der Waals surface area (Å²) in [6.45, 7) is 1.63. The molecule has 31 heavy (non-hydrogen) atoms. The Morgan fingerprint density at radius 1 is 1.19 bits per heavy atom. The number of halogens is 2. The standard InChI is InChI=1S/C21H20ClFN4O3S/c22-16-11-25-19-9-14(1-2-15(16)19)31(29,30)26-18-4-6-27(21(18)28)20-8-12-3-5-24-10-13(12)7-17(20)23/h1-2,7-9,11,18,24-26H,3-6,10H2/t18-/m0/s1. The smallest absolute Gasteiger partial charge is 0.245 e. The van der Waals surface area contributed by atoms with Crippen molar-refractivity contribution in [3.8, 4) is 0 Å². The number of benzene rings is 2. The van der Waals surface area contributed by atoms with Gasteiger partial charge >= 0.3 is 0 Å². The van der Waals surface area contributed by atoms with Crippen molar-refractivity contribution in [3.05, 3.63) is 58.5 Å². The molecule has 10 heteroatoms. The number of aromatic nitrogens is 1. The van der Waals surface area contributed by atoms with E-state index in [1.54, 1.807) is 18.3 Å². The van der Waals surface area contributed by atoms with E-state index in [-0.39, 0.29) is 23.5 Å². The highest BCUT2D eigenvalue weighted by Gasteiger charge is 2.37. The van der Waals surface area contributed by atoms with Crippen LogP contribution in [-0.2, 0) is 27.8 Å². The summed E-state index contributed by atoms with van der Waals surface area (Å²) in [5.74, 6) is -0.936. The van der Waals surface area contributed by atoms with E-state index in [0.29, 0.717) is 22.5 Å². The molecule has 162 valence electrons. The molecule has 0 radical (unpaired) electrons. The quantitative estimate of drug-likeness (QED) is 0.555. The normalized spacial score (nSPS) is 19.2. The first-order valence-electron chi connectivity index (χ1n) is 9.96. The zero-order valence-corrected chi connectivity index (χ0v) is 18.0. The molecule has 1 aromatic heterocycles. The fourth-order valence-corrected chi connectivity index (χ4v) is 5.69. The van der Waals surface area contributed by atoms with Crippen molar-refractivity contribution in [2.75, 3.05) is 18.0 Å². The van der Waals surface area contributed by atoms with Crippen molar-refractivity contribution in [1.82, 2.24) is 15.0 Å². The Labute approximate surface area is 183 Å². The number of nitrogens with zero attached hydrogens (tertiary/aromatic N) is 1. The third-order valence-corrected chi connectivity index (χ3v) is 7.64. The first-order chi connectivity index (χ1) is 14.8. The van der Waals surface area contributed by atoms with Crippen molar-refractivity contribution >= 4 is 44.1 Å². The average molecular weight is 463 g/mol. The summed E-state index contributed by atoms with van der Waals surface area (Å²) in [5.41, 5.74) is 2.67. The van der Waals surface area contributed by atoms with Gasteiger partial charge in [-0.1, -0.05) is 11.6 Å². The fraction of sp³-hybridized carbons (Fsp3) is 0.286. The monoisotopic (exact) mass is 462 g/mol. The fourth-order valence-electron chi connectivity index (χ4n) is 4.22. The Kier molecular flexibility index (Phi) is 5.01. The Bertz CT molecular complexity index is 1310. The van der Waals surface area contributed by atoms with Crippen LogP contribution in [0.2, 0.25) is 5.02 Å². The van der Waals surface area contributed by atoms with Crippen molar-refractivity contribution in [3.63, 3.8) is 0 Å². The molecule has 3 N–H and O–H groups in total. The summed E-state index contributed by atoms with van der Waals surface area (Å²) in [4.78, 5) is 17.2. The minimum atomic E-state index is -3.95. The minimum absolute atomic E-state index is 0.0252. The number of fused-ring (bicyclic) bond motifs is 2. The SMILES string of the molecule is O=C1[C@@H](NS(=O)(=O)c2ccc3c(Cl)c[nH]c3c2)CCN1c1cc2c(cc1F)CNCC2.